The Hall–Kier alpha value is -1.71. The highest BCUT2D eigenvalue weighted by Crippen LogP contribution is 2.30. The number of hydrogen-bond donors (Lipinski definition) is 1. The summed E-state index contributed by atoms with van der Waals surface area (Å²) in [6, 6.07) is 4.51. The molecule has 0 aromatic carbocycles. The van der Waals surface area contributed by atoms with E-state index < -0.39 is 0 Å². The summed E-state index contributed by atoms with van der Waals surface area (Å²) in [4.78, 5) is 13.0. The minimum absolute atomic E-state index is 0.535. The molecular weight excluding hydrogens is 236 g/mol. The maximum Gasteiger partial charge on any atom is 0.180 e. The SMILES string of the molecule is CC1CCC(Nc2ccc3nccnc3n2)CC1C. The summed E-state index contributed by atoms with van der Waals surface area (Å²) >= 11 is 0. The van der Waals surface area contributed by atoms with E-state index in [-0.39, 0.29) is 0 Å². The molecule has 100 valence electrons. The smallest absolute Gasteiger partial charge is 0.180 e. The Morgan fingerprint density at radius 1 is 1.05 bits per heavy atom. The first-order chi connectivity index (χ1) is 9.22. The molecule has 0 saturated heterocycles. The molecule has 0 spiro atoms. The molecule has 2 aromatic rings. The molecule has 1 fully saturated rings. The Kier molecular flexibility index (Phi) is 3.32. The van der Waals surface area contributed by atoms with Gasteiger partial charge in [0.15, 0.2) is 5.65 Å². The lowest BCUT2D eigenvalue weighted by atomic mass is 9.79. The van der Waals surface area contributed by atoms with Gasteiger partial charge < -0.3 is 5.32 Å². The van der Waals surface area contributed by atoms with Crippen molar-refractivity contribution in [2.24, 2.45) is 11.8 Å². The number of aromatic nitrogens is 3. The van der Waals surface area contributed by atoms with E-state index in [1.807, 2.05) is 12.1 Å². The second kappa shape index (κ2) is 5.11. The summed E-state index contributed by atoms with van der Waals surface area (Å²) < 4.78 is 0. The molecule has 4 nitrogen and oxygen atoms in total. The highest BCUT2D eigenvalue weighted by molar-refractivity contribution is 5.71. The Bertz CT molecular complexity index is 569. The van der Waals surface area contributed by atoms with E-state index in [2.05, 4.69) is 34.1 Å². The average molecular weight is 256 g/mol. The molecule has 1 N–H and O–H groups in total. The lowest BCUT2D eigenvalue weighted by Crippen LogP contribution is -2.30. The monoisotopic (exact) mass is 256 g/mol. The van der Waals surface area contributed by atoms with E-state index in [4.69, 9.17) is 0 Å². The molecule has 0 amide bonds. The van der Waals surface area contributed by atoms with E-state index in [0.717, 1.165) is 23.2 Å². The van der Waals surface area contributed by atoms with E-state index in [0.29, 0.717) is 11.7 Å². The van der Waals surface area contributed by atoms with Gasteiger partial charge in [0, 0.05) is 18.4 Å². The molecule has 0 aliphatic heterocycles. The van der Waals surface area contributed by atoms with Gasteiger partial charge in [0.2, 0.25) is 0 Å². The highest BCUT2D eigenvalue weighted by Gasteiger charge is 2.24. The zero-order valence-corrected chi connectivity index (χ0v) is 11.5. The van der Waals surface area contributed by atoms with Crippen molar-refractivity contribution in [2.45, 2.75) is 39.2 Å². The molecule has 1 aliphatic carbocycles. The van der Waals surface area contributed by atoms with Crippen LogP contribution in [0.2, 0.25) is 0 Å². The van der Waals surface area contributed by atoms with Gasteiger partial charge in [0.05, 0.1) is 0 Å². The summed E-state index contributed by atoms with van der Waals surface area (Å²) in [6.07, 6.45) is 7.13. The Balaban J connectivity index is 1.74. The van der Waals surface area contributed by atoms with Crippen LogP contribution in [0.1, 0.15) is 33.1 Å². The van der Waals surface area contributed by atoms with Gasteiger partial charge in [-0.05, 0) is 43.2 Å². The lowest BCUT2D eigenvalue weighted by molar-refractivity contribution is 0.260. The Labute approximate surface area is 113 Å². The normalized spacial score (nSPS) is 27.4. The molecule has 1 aliphatic rings. The first-order valence-electron chi connectivity index (χ1n) is 7.06. The van der Waals surface area contributed by atoms with Crippen molar-refractivity contribution in [2.75, 3.05) is 5.32 Å². The molecule has 3 unspecified atom stereocenters. The van der Waals surface area contributed by atoms with Gasteiger partial charge in [0.25, 0.3) is 0 Å². The van der Waals surface area contributed by atoms with Crippen LogP contribution in [-0.2, 0) is 0 Å². The van der Waals surface area contributed by atoms with E-state index in [9.17, 15) is 0 Å². The minimum atomic E-state index is 0.535. The van der Waals surface area contributed by atoms with Crippen LogP contribution in [0.25, 0.3) is 11.2 Å². The summed E-state index contributed by atoms with van der Waals surface area (Å²) in [5.74, 6) is 2.54. The van der Waals surface area contributed by atoms with Crippen LogP contribution in [0.5, 0.6) is 0 Å². The van der Waals surface area contributed by atoms with Gasteiger partial charge in [-0.25, -0.2) is 9.97 Å². The van der Waals surface area contributed by atoms with Gasteiger partial charge in [-0.1, -0.05) is 13.8 Å². The number of anilines is 1. The van der Waals surface area contributed by atoms with Crippen molar-refractivity contribution in [1.82, 2.24) is 15.0 Å². The molecule has 4 heteroatoms. The topological polar surface area (TPSA) is 50.7 Å². The van der Waals surface area contributed by atoms with Gasteiger partial charge in [-0.15, -0.1) is 0 Å². The van der Waals surface area contributed by atoms with Crippen LogP contribution < -0.4 is 5.32 Å². The molecular formula is C15H20N4. The van der Waals surface area contributed by atoms with Crippen molar-refractivity contribution in [1.29, 1.82) is 0 Å². The van der Waals surface area contributed by atoms with Gasteiger partial charge in [-0.3, -0.25) is 4.98 Å². The first-order valence-corrected chi connectivity index (χ1v) is 7.06. The summed E-state index contributed by atoms with van der Waals surface area (Å²) in [7, 11) is 0. The predicted octanol–water partition coefficient (Wildman–Crippen LogP) is 3.26. The van der Waals surface area contributed by atoms with E-state index in [1.165, 1.54) is 19.3 Å². The van der Waals surface area contributed by atoms with Gasteiger partial charge >= 0.3 is 0 Å². The second-order valence-electron chi connectivity index (χ2n) is 5.70. The number of nitrogens with one attached hydrogen (secondary N) is 1. The van der Waals surface area contributed by atoms with Crippen molar-refractivity contribution in [3.63, 3.8) is 0 Å². The van der Waals surface area contributed by atoms with Crippen LogP contribution in [0.3, 0.4) is 0 Å². The summed E-state index contributed by atoms with van der Waals surface area (Å²) in [6.45, 7) is 4.70. The predicted molar refractivity (Wildman–Crippen MR) is 76.9 cm³/mol. The number of hydrogen-bond acceptors (Lipinski definition) is 4. The first kappa shape index (κ1) is 12.3. The highest BCUT2D eigenvalue weighted by atomic mass is 15.0. The Morgan fingerprint density at radius 3 is 2.74 bits per heavy atom. The fourth-order valence-corrected chi connectivity index (χ4v) is 2.82. The van der Waals surface area contributed by atoms with E-state index >= 15 is 0 Å². The summed E-state index contributed by atoms with van der Waals surface area (Å²) in [5, 5.41) is 3.55. The van der Waals surface area contributed by atoms with Crippen LogP contribution in [0, 0.1) is 11.8 Å². The molecule has 3 atom stereocenters. The molecule has 3 rings (SSSR count). The number of rotatable bonds is 2. The molecule has 1 saturated carbocycles. The second-order valence-corrected chi connectivity index (χ2v) is 5.70. The standard InChI is InChI=1S/C15H20N4/c1-10-3-4-12(9-11(10)2)18-14-6-5-13-15(19-14)17-8-7-16-13/h5-8,10-12H,3-4,9H2,1-2H3,(H,17,18,19). The Morgan fingerprint density at radius 2 is 1.89 bits per heavy atom. The van der Waals surface area contributed by atoms with Gasteiger partial charge in [-0.2, -0.15) is 0 Å². The largest absolute Gasteiger partial charge is 0.367 e. The third kappa shape index (κ3) is 2.67. The fourth-order valence-electron chi connectivity index (χ4n) is 2.82. The van der Waals surface area contributed by atoms with Crippen LogP contribution in [0.4, 0.5) is 5.82 Å². The third-order valence-electron chi connectivity index (χ3n) is 4.28. The third-order valence-corrected chi connectivity index (χ3v) is 4.28. The molecule has 19 heavy (non-hydrogen) atoms. The number of nitrogens with zero attached hydrogens (tertiary/aromatic N) is 3. The lowest BCUT2D eigenvalue weighted by Gasteiger charge is -2.32. The molecule has 2 heterocycles. The fraction of sp³-hybridized carbons (Fsp3) is 0.533. The number of pyridine rings is 1. The van der Waals surface area contributed by atoms with Crippen LogP contribution in [-0.4, -0.2) is 21.0 Å². The van der Waals surface area contributed by atoms with Gasteiger partial charge in [0.1, 0.15) is 11.3 Å². The van der Waals surface area contributed by atoms with Crippen molar-refractivity contribution >= 4 is 17.0 Å². The van der Waals surface area contributed by atoms with Crippen LogP contribution in [0.15, 0.2) is 24.5 Å². The zero-order valence-electron chi connectivity index (χ0n) is 11.5. The summed E-state index contributed by atoms with van der Waals surface area (Å²) in [5.41, 5.74) is 1.56. The van der Waals surface area contributed by atoms with E-state index in [1.54, 1.807) is 12.4 Å². The number of fused-ring (bicyclic) bond motifs is 1. The minimum Gasteiger partial charge on any atom is -0.367 e. The van der Waals surface area contributed by atoms with Crippen molar-refractivity contribution in [3.8, 4) is 0 Å². The van der Waals surface area contributed by atoms with Crippen molar-refractivity contribution in [3.05, 3.63) is 24.5 Å². The average Bonchev–Trinajstić information content (AvgIpc) is 2.43. The maximum absolute atomic E-state index is 4.53. The van der Waals surface area contributed by atoms with Crippen LogP contribution >= 0.6 is 0 Å². The molecule has 0 radical (unpaired) electrons. The zero-order chi connectivity index (χ0) is 13.2. The van der Waals surface area contributed by atoms with Crippen molar-refractivity contribution < 1.29 is 0 Å². The molecule has 0 bridgehead atoms. The quantitative estimate of drug-likeness (QED) is 0.896. The molecule has 2 aromatic heterocycles. The maximum atomic E-state index is 4.53.